The molecular weight excluding hydrogens is 356 g/mol. The van der Waals surface area contributed by atoms with Gasteiger partial charge in [-0.2, -0.15) is 0 Å². The topological polar surface area (TPSA) is 63.5 Å². The highest BCUT2D eigenvalue weighted by molar-refractivity contribution is 5.84. The number of morpholine rings is 1. The molecule has 150 valence electrons. The van der Waals surface area contributed by atoms with E-state index in [2.05, 4.69) is 22.0 Å². The Hall–Kier alpha value is -2.57. The molecule has 0 radical (unpaired) electrons. The SMILES string of the molecule is CCOc1cccc(C=NC[C@H](c2ccc(OC)cc2)N2CCOCC2)c1O. The molecule has 0 spiro atoms. The summed E-state index contributed by atoms with van der Waals surface area (Å²) in [4.78, 5) is 7.03. The first kappa shape index (κ1) is 20.2. The van der Waals surface area contributed by atoms with Gasteiger partial charge in [0.25, 0.3) is 0 Å². The summed E-state index contributed by atoms with van der Waals surface area (Å²) < 4.78 is 16.2. The Morgan fingerprint density at radius 2 is 1.93 bits per heavy atom. The molecule has 28 heavy (non-hydrogen) atoms. The normalized spacial score (nSPS) is 16.2. The molecule has 3 rings (SSSR count). The largest absolute Gasteiger partial charge is 0.504 e. The lowest BCUT2D eigenvalue weighted by atomic mass is 10.0. The van der Waals surface area contributed by atoms with E-state index in [9.17, 15) is 5.11 Å². The van der Waals surface area contributed by atoms with Gasteiger partial charge in [0.2, 0.25) is 0 Å². The van der Waals surface area contributed by atoms with Crippen LogP contribution in [0.25, 0.3) is 0 Å². The molecule has 1 aliphatic heterocycles. The van der Waals surface area contributed by atoms with Gasteiger partial charge in [0.05, 0.1) is 39.5 Å². The van der Waals surface area contributed by atoms with Crippen molar-refractivity contribution in [2.75, 3.05) is 46.6 Å². The van der Waals surface area contributed by atoms with E-state index in [0.717, 1.165) is 32.1 Å². The standard InChI is InChI=1S/C22H28N2O4/c1-3-28-21-6-4-5-18(22(21)25)15-23-16-20(24-11-13-27-14-12-24)17-7-9-19(26-2)10-8-17/h4-10,15,20,25H,3,11-14,16H2,1-2H3/t20-/m1/s1. The molecule has 1 saturated heterocycles. The molecule has 0 saturated carbocycles. The summed E-state index contributed by atoms with van der Waals surface area (Å²) in [6.45, 7) is 6.19. The molecule has 1 N–H and O–H groups in total. The van der Waals surface area contributed by atoms with Gasteiger partial charge < -0.3 is 19.3 Å². The van der Waals surface area contributed by atoms with Crippen LogP contribution in [0.3, 0.4) is 0 Å². The molecule has 6 nitrogen and oxygen atoms in total. The third-order valence-electron chi connectivity index (χ3n) is 4.83. The van der Waals surface area contributed by atoms with Crippen molar-refractivity contribution in [3.8, 4) is 17.2 Å². The van der Waals surface area contributed by atoms with Crippen LogP contribution >= 0.6 is 0 Å². The molecule has 1 atom stereocenters. The molecule has 0 aliphatic carbocycles. The fraction of sp³-hybridized carbons (Fsp3) is 0.409. The number of phenols is 1. The van der Waals surface area contributed by atoms with Crippen molar-refractivity contribution >= 4 is 6.21 Å². The van der Waals surface area contributed by atoms with Crippen LogP contribution < -0.4 is 9.47 Å². The average Bonchev–Trinajstić information content (AvgIpc) is 2.74. The summed E-state index contributed by atoms with van der Waals surface area (Å²) in [5.74, 6) is 1.44. The summed E-state index contributed by atoms with van der Waals surface area (Å²) in [7, 11) is 1.67. The molecule has 1 aliphatic rings. The molecule has 1 heterocycles. The van der Waals surface area contributed by atoms with Gasteiger partial charge in [-0.15, -0.1) is 0 Å². The van der Waals surface area contributed by atoms with Gasteiger partial charge in [-0.05, 0) is 36.8 Å². The quantitative estimate of drug-likeness (QED) is 0.708. The second-order valence-electron chi connectivity index (χ2n) is 6.56. The number of nitrogens with zero attached hydrogens (tertiary/aromatic N) is 2. The maximum Gasteiger partial charge on any atom is 0.166 e. The van der Waals surface area contributed by atoms with Gasteiger partial charge in [-0.1, -0.05) is 18.2 Å². The lowest BCUT2D eigenvalue weighted by molar-refractivity contribution is 0.0180. The van der Waals surface area contributed by atoms with Crippen molar-refractivity contribution in [3.63, 3.8) is 0 Å². The smallest absolute Gasteiger partial charge is 0.166 e. The molecular formula is C22H28N2O4. The van der Waals surface area contributed by atoms with Crippen LogP contribution in [0.1, 0.15) is 24.1 Å². The number of phenolic OH excluding ortho intramolecular Hbond substituents is 1. The van der Waals surface area contributed by atoms with E-state index < -0.39 is 0 Å². The molecule has 1 fully saturated rings. The van der Waals surface area contributed by atoms with Crippen molar-refractivity contribution < 1.29 is 19.3 Å². The Kier molecular flexibility index (Phi) is 7.28. The van der Waals surface area contributed by atoms with Crippen LogP contribution in [0.5, 0.6) is 17.2 Å². The number of aromatic hydroxyl groups is 1. The van der Waals surface area contributed by atoms with E-state index in [-0.39, 0.29) is 11.8 Å². The lowest BCUT2D eigenvalue weighted by Crippen LogP contribution is -2.40. The van der Waals surface area contributed by atoms with Crippen molar-refractivity contribution in [2.24, 2.45) is 4.99 Å². The van der Waals surface area contributed by atoms with Gasteiger partial charge in [-0.3, -0.25) is 9.89 Å². The predicted molar refractivity (Wildman–Crippen MR) is 110 cm³/mol. The van der Waals surface area contributed by atoms with E-state index in [1.165, 1.54) is 5.56 Å². The van der Waals surface area contributed by atoms with E-state index in [0.29, 0.717) is 24.5 Å². The number of para-hydroxylation sites is 1. The summed E-state index contributed by atoms with van der Waals surface area (Å²) >= 11 is 0. The number of methoxy groups -OCH3 is 1. The Balaban J connectivity index is 1.77. The molecule has 0 unspecified atom stereocenters. The van der Waals surface area contributed by atoms with Gasteiger partial charge in [-0.25, -0.2) is 0 Å². The molecule has 6 heteroatoms. The van der Waals surface area contributed by atoms with Gasteiger partial charge in [0, 0.05) is 24.9 Å². The Labute approximate surface area is 166 Å². The first-order valence-corrected chi connectivity index (χ1v) is 9.63. The van der Waals surface area contributed by atoms with Crippen LogP contribution in [-0.2, 0) is 4.74 Å². The minimum atomic E-state index is 0.125. The number of ether oxygens (including phenoxy) is 3. The summed E-state index contributed by atoms with van der Waals surface area (Å²) in [6.07, 6.45) is 1.72. The van der Waals surface area contributed by atoms with Crippen LogP contribution in [0.2, 0.25) is 0 Å². The predicted octanol–water partition coefficient (Wildman–Crippen LogP) is 3.29. The third kappa shape index (κ3) is 5.03. The minimum Gasteiger partial charge on any atom is -0.504 e. The summed E-state index contributed by atoms with van der Waals surface area (Å²) in [5.41, 5.74) is 1.84. The molecule has 2 aromatic carbocycles. The minimum absolute atomic E-state index is 0.125. The number of hydrogen-bond donors (Lipinski definition) is 1. The highest BCUT2D eigenvalue weighted by Crippen LogP contribution is 2.29. The fourth-order valence-electron chi connectivity index (χ4n) is 3.31. The van der Waals surface area contributed by atoms with Gasteiger partial charge in [0.1, 0.15) is 5.75 Å². The second-order valence-corrected chi connectivity index (χ2v) is 6.56. The third-order valence-corrected chi connectivity index (χ3v) is 4.83. The van der Waals surface area contributed by atoms with E-state index in [4.69, 9.17) is 14.2 Å². The van der Waals surface area contributed by atoms with Crippen molar-refractivity contribution in [2.45, 2.75) is 13.0 Å². The fourth-order valence-corrected chi connectivity index (χ4v) is 3.31. The van der Waals surface area contributed by atoms with Crippen LogP contribution in [0.15, 0.2) is 47.5 Å². The number of aliphatic imine (C=N–C) groups is 1. The Morgan fingerprint density at radius 3 is 2.61 bits per heavy atom. The molecule has 2 aromatic rings. The van der Waals surface area contributed by atoms with Crippen molar-refractivity contribution in [1.29, 1.82) is 0 Å². The average molecular weight is 384 g/mol. The lowest BCUT2D eigenvalue weighted by Gasteiger charge is -2.34. The summed E-state index contributed by atoms with van der Waals surface area (Å²) in [6, 6.07) is 13.7. The Morgan fingerprint density at radius 1 is 1.18 bits per heavy atom. The van der Waals surface area contributed by atoms with Crippen molar-refractivity contribution in [3.05, 3.63) is 53.6 Å². The van der Waals surface area contributed by atoms with Crippen LogP contribution in [-0.4, -0.2) is 62.8 Å². The molecule has 0 aromatic heterocycles. The zero-order chi connectivity index (χ0) is 19.8. The first-order chi connectivity index (χ1) is 13.7. The second kappa shape index (κ2) is 10.1. The number of hydrogen-bond acceptors (Lipinski definition) is 6. The maximum atomic E-state index is 10.4. The van der Waals surface area contributed by atoms with Crippen LogP contribution in [0, 0.1) is 0 Å². The monoisotopic (exact) mass is 384 g/mol. The zero-order valence-electron chi connectivity index (χ0n) is 16.5. The zero-order valence-corrected chi connectivity index (χ0v) is 16.5. The highest BCUT2D eigenvalue weighted by Gasteiger charge is 2.22. The first-order valence-electron chi connectivity index (χ1n) is 9.63. The number of benzene rings is 2. The highest BCUT2D eigenvalue weighted by atomic mass is 16.5. The molecule has 0 amide bonds. The van der Waals surface area contributed by atoms with Gasteiger partial charge >= 0.3 is 0 Å². The molecule has 0 bridgehead atoms. The van der Waals surface area contributed by atoms with E-state index in [1.807, 2.05) is 31.2 Å². The number of rotatable bonds is 8. The van der Waals surface area contributed by atoms with Gasteiger partial charge in [0.15, 0.2) is 11.5 Å². The Bertz CT molecular complexity index is 771. The van der Waals surface area contributed by atoms with E-state index >= 15 is 0 Å². The van der Waals surface area contributed by atoms with E-state index in [1.54, 1.807) is 19.4 Å². The van der Waals surface area contributed by atoms with Crippen LogP contribution in [0.4, 0.5) is 0 Å². The van der Waals surface area contributed by atoms with Crippen molar-refractivity contribution in [1.82, 2.24) is 4.90 Å². The summed E-state index contributed by atoms with van der Waals surface area (Å²) in [5, 5.41) is 10.4. The maximum absolute atomic E-state index is 10.4.